The standard InChI is InChI=1S/C28H29FO6.2C2H6/c1-18-15-23(34-27(18)30)5-3-13-32-22-10-7-20(8-11-22)21-9-12-26(25(29)17-21)33-14-4-6-24-16-19(2)28(31)35-24;2*1-2/h7-12,17,23-24H,1-6,13-16H2;2*1-2H3. The molecule has 0 bridgehead atoms. The lowest BCUT2D eigenvalue weighted by atomic mass is 10.1. The molecule has 2 atom stereocenters. The summed E-state index contributed by atoms with van der Waals surface area (Å²) in [5.74, 6) is -0.157. The molecule has 0 spiro atoms. The van der Waals surface area contributed by atoms with E-state index in [9.17, 15) is 14.0 Å². The Kier molecular flexibility index (Phi) is 13.3. The normalized spacial score (nSPS) is 17.9. The van der Waals surface area contributed by atoms with Crippen LogP contribution in [0.5, 0.6) is 11.5 Å². The Hall–Kier alpha value is -3.61. The van der Waals surface area contributed by atoms with E-state index in [0.29, 0.717) is 50.0 Å². The molecule has 2 aliphatic heterocycles. The van der Waals surface area contributed by atoms with Crippen LogP contribution in [0.2, 0.25) is 0 Å². The van der Waals surface area contributed by atoms with Crippen molar-refractivity contribution >= 4 is 11.9 Å². The van der Waals surface area contributed by atoms with Crippen molar-refractivity contribution < 1.29 is 32.9 Å². The number of ether oxygens (including phenoxy) is 4. The quantitative estimate of drug-likeness (QED) is 0.166. The van der Waals surface area contributed by atoms with Gasteiger partial charge in [0.15, 0.2) is 11.6 Å². The number of carbonyl (C=O) groups is 2. The molecule has 0 amide bonds. The van der Waals surface area contributed by atoms with Crippen LogP contribution >= 0.6 is 0 Å². The Morgan fingerprint density at radius 3 is 1.72 bits per heavy atom. The van der Waals surface area contributed by atoms with Crippen molar-refractivity contribution in [1.29, 1.82) is 0 Å². The SMILES string of the molecule is C=C1CC(CCCOc2ccc(-c3ccc(OCCCC4CC(=C)C(=O)O4)c(F)c3)cc2)OC1=O.CC.CC. The summed E-state index contributed by atoms with van der Waals surface area (Å²) in [6.45, 7) is 16.2. The highest BCUT2D eigenvalue weighted by molar-refractivity contribution is 5.90. The second-order valence-electron chi connectivity index (χ2n) is 8.82. The van der Waals surface area contributed by atoms with E-state index in [1.54, 1.807) is 6.07 Å². The third-order valence-electron chi connectivity index (χ3n) is 6.06. The first kappa shape index (κ1) is 31.6. The monoisotopic (exact) mass is 540 g/mol. The zero-order chi connectivity index (χ0) is 28.8. The van der Waals surface area contributed by atoms with Crippen molar-refractivity contribution in [2.24, 2.45) is 0 Å². The number of hydrogen-bond donors (Lipinski definition) is 0. The molecule has 0 N–H and O–H groups in total. The molecule has 4 rings (SSSR count). The van der Waals surface area contributed by atoms with E-state index in [2.05, 4.69) is 13.2 Å². The van der Waals surface area contributed by atoms with E-state index in [1.807, 2.05) is 58.0 Å². The molecule has 39 heavy (non-hydrogen) atoms. The van der Waals surface area contributed by atoms with E-state index in [-0.39, 0.29) is 29.9 Å². The number of carbonyl (C=O) groups excluding carboxylic acids is 2. The van der Waals surface area contributed by atoms with Crippen LogP contribution in [-0.2, 0) is 19.1 Å². The molecule has 2 aliphatic rings. The van der Waals surface area contributed by atoms with Crippen LogP contribution in [0.25, 0.3) is 11.1 Å². The number of hydrogen-bond acceptors (Lipinski definition) is 6. The fourth-order valence-corrected chi connectivity index (χ4v) is 4.13. The van der Waals surface area contributed by atoms with E-state index in [4.69, 9.17) is 18.9 Å². The zero-order valence-corrected chi connectivity index (χ0v) is 23.6. The largest absolute Gasteiger partial charge is 0.494 e. The van der Waals surface area contributed by atoms with Gasteiger partial charge in [-0.05, 0) is 61.1 Å². The molecule has 0 aromatic heterocycles. The minimum absolute atomic E-state index is 0.102. The first-order valence-electron chi connectivity index (χ1n) is 13.8. The van der Waals surface area contributed by atoms with Crippen LogP contribution in [0, 0.1) is 5.82 Å². The lowest BCUT2D eigenvalue weighted by Crippen LogP contribution is -2.09. The number of rotatable bonds is 11. The molecule has 2 aromatic rings. The Balaban J connectivity index is 0.00000127. The third kappa shape index (κ3) is 9.57. The predicted octanol–water partition coefficient (Wildman–Crippen LogP) is 7.61. The zero-order valence-electron chi connectivity index (χ0n) is 23.6. The van der Waals surface area contributed by atoms with Crippen LogP contribution in [0.3, 0.4) is 0 Å². The van der Waals surface area contributed by atoms with Crippen LogP contribution < -0.4 is 9.47 Å². The molecule has 212 valence electrons. The van der Waals surface area contributed by atoms with Crippen LogP contribution in [0.4, 0.5) is 4.39 Å². The Morgan fingerprint density at radius 2 is 1.26 bits per heavy atom. The van der Waals surface area contributed by atoms with Gasteiger partial charge in [-0.15, -0.1) is 0 Å². The smallest absolute Gasteiger partial charge is 0.333 e. The van der Waals surface area contributed by atoms with E-state index in [0.717, 1.165) is 29.7 Å². The summed E-state index contributed by atoms with van der Waals surface area (Å²) < 4.78 is 36.3. The van der Waals surface area contributed by atoms with Gasteiger partial charge in [0.2, 0.25) is 0 Å². The van der Waals surface area contributed by atoms with Crippen LogP contribution in [0.1, 0.15) is 66.2 Å². The van der Waals surface area contributed by atoms with Crippen molar-refractivity contribution in [1.82, 2.24) is 0 Å². The second kappa shape index (κ2) is 16.4. The molecular formula is C32H41FO6. The van der Waals surface area contributed by atoms with Gasteiger partial charge in [0, 0.05) is 24.0 Å². The average Bonchev–Trinajstić information content (AvgIpc) is 3.46. The summed E-state index contributed by atoms with van der Waals surface area (Å²) in [6.07, 6.45) is 3.67. The summed E-state index contributed by atoms with van der Waals surface area (Å²) in [6, 6.07) is 12.3. The summed E-state index contributed by atoms with van der Waals surface area (Å²) in [5.41, 5.74) is 2.63. The molecule has 0 radical (unpaired) electrons. The van der Waals surface area contributed by atoms with Crippen molar-refractivity contribution in [2.75, 3.05) is 13.2 Å². The van der Waals surface area contributed by atoms with Crippen molar-refractivity contribution in [2.45, 2.75) is 78.4 Å². The van der Waals surface area contributed by atoms with Crippen molar-refractivity contribution in [3.63, 3.8) is 0 Å². The first-order valence-corrected chi connectivity index (χ1v) is 13.8. The van der Waals surface area contributed by atoms with Gasteiger partial charge >= 0.3 is 11.9 Å². The minimum atomic E-state index is -0.432. The van der Waals surface area contributed by atoms with E-state index >= 15 is 0 Å². The number of esters is 2. The van der Waals surface area contributed by atoms with Gasteiger partial charge in [-0.25, -0.2) is 14.0 Å². The Labute approximate surface area is 231 Å². The highest BCUT2D eigenvalue weighted by Gasteiger charge is 2.27. The van der Waals surface area contributed by atoms with Crippen LogP contribution in [0.15, 0.2) is 66.8 Å². The highest BCUT2D eigenvalue weighted by Crippen LogP contribution is 2.28. The minimum Gasteiger partial charge on any atom is -0.494 e. The Morgan fingerprint density at radius 1 is 0.769 bits per heavy atom. The van der Waals surface area contributed by atoms with Gasteiger partial charge in [-0.3, -0.25) is 0 Å². The van der Waals surface area contributed by atoms with Gasteiger partial charge in [-0.2, -0.15) is 0 Å². The topological polar surface area (TPSA) is 71.1 Å². The van der Waals surface area contributed by atoms with Crippen molar-refractivity contribution in [3.05, 3.63) is 72.6 Å². The molecule has 2 aromatic carbocycles. The molecule has 2 fully saturated rings. The molecule has 0 saturated carbocycles. The summed E-state index contributed by atoms with van der Waals surface area (Å²) in [4.78, 5) is 22.7. The number of halogens is 1. The van der Waals surface area contributed by atoms with Gasteiger partial charge in [0.1, 0.15) is 18.0 Å². The van der Waals surface area contributed by atoms with Crippen molar-refractivity contribution in [3.8, 4) is 22.6 Å². The number of benzene rings is 2. The molecule has 7 heteroatoms. The first-order chi connectivity index (χ1) is 18.9. The fraction of sp³-hybridized carbons (Fsp3) is 0.438. The summed E-state index contributed by atoms with van der Waals surface area (Å²) in [5, 5.41) is 0. The van der Waals surface area contributed by atoms with Gasteiger partial charge in [0.05, 0.1) is 13.2 Å². The maximum atomic E-state index is 14.6. The summed E-state index contributed by atoms with van der Waals surface area (Å²) >= 11 is 0. The molecule has 6 nitrogen and oxygen atoms in total. The molecule has 0 aliphatic carbocycles. The predicted molar refractivity (Wildman–Crippen MR) is 151 cm³/mol. The highest BCUT2D eigenvalue weighted by atomic mass is 19.1. The lowest BCUT2D eigenvalue weighted by molar-refractivity contribution is -0.140. The van der Waals surface area contributed by atoms with Crippen LogP contribution in [-0.4, -0.2) is 37.4 Å². The maximum absolute atomic E-state index is 14.6. The molecule has 2 saturated heterocycles. The maximum Gasteiger partial charge on any atom is 0.333 e. The molecule has 2 heterocycles. The van der Waals surface area contributed by atoms with Gasteiger partial charge in [-0.1, -0.05) is 59.1 Å². The van der Waals surface area contributed by atoms with E-state index in [1.165, 1.54) is 6.07 Å². The fourth-order valence-electron chi connectivity index (χ4n) is 4.13. The lowest BCUT2D eigenvalue weighted by Gasteiger charge is -2.12. The van der Waals surface area contributed by atoms with Gasteiger partial charge < -0.3 is 18.9 Å². The third-order valence-corrected chi connectivity index (χ3v) is 6.06. The average molecular weight is 541 g/mol. The second-order valence-corrected chi connectivity index (χ2v) is 8.82. The molecular weight excluding hydrogens is 499 g/mol. The van der Waals surface area contributed by atoms with Gasteiger partial charge in [0.25, 0.3) is 0 Å². The van der Waals surface area contributed by atoms with E-state index < -0.39 is 5.82 Å². The number of cyclic esters (lactones) is 2. The molecule has 2 unspecified atom stereocenters. The summed E-state index contributed by atoms with van der Waals surface area (Å²) in [7, 11) is 0. The Bertz CT molecular complexity index is 1080.